The monoisotopic (exact) mass is 245 g/mol. The molecule has 0 radical (unpaired) electrons. The van der Waals surface area contributed by atoms with E-state index >= 15 is 0 Å². The van der Waals surface area contributed by atoms with Crippen LogP contribution in [-0.2, 0) is 9.47 Å². The molecule has 0 aromatic carbocycles. The average Bonchev–Trinajstić information content (AvgIpc) is 2.18. The van der Waals surface area contributed by atoms with Crippen molar-refractivity contribution in [1.82, 2.24) is 5.32 Å². The molecular formula is C13H27NO3. The largest absolute Gasteiger partial charge is 0.449 e. The van der Waals surface area contributed by atoms with Gasteiger partial charge < -0.3 is 14.8 Å². The van der Waals surface area contributed by atoms with Gasteiger partial charge in [-0.1, -0.05) is 34.6 Å². The first-order valence-electron chi connectivity index (χ1n) is 6.29. The zero-order chi connectivity index (χ0) is 13.3. The number of alkyl carbamates (subject to hydrolysis) is 1. The summed E-state index contributed by atoms with van der Waals surface area (Å²) in [4.78, 5) is 11.2. The van der Waals surface area contributed by atoms with E-state index in [1.165, 1.54) is 0 Å². The Hall–Kier alpha value is -0.770. The molecule has 0 bridgehead atoms. The third-order valence-electron chi connectivity index (χ3n) is 1.82. The molecule has 0 rings (SSSR count). The molecule has 0 fully saturated rings. The van der Waals surface area contributed by atoms with Crippen LogP contribution in [0.2, 0.25) is 0 Å². The number of carbonyl (C=O) groups is 1. The first kappa shape index (κ1) is 16.2. The van der Waals surface area contributed by atoms with Crippen molar-refractivity contribution in [3.8, 4) is 0 Å². The molecule has 4 nitrogen and oxygen atoms in total. The fourth-order valence-electron chi connectivity index (χ4n) is 1.04. The molecule has 0 atom stereocenters. The Bertz CT molecular complexity index is 209. The van der Waals surface area contributed by atoms with Gasteiger partial charge in [0, 0.05) is 13.2 Å². The number of ether oxygens (including phenoxy) is 2. The molecule has 0 unspecified atom stereocenters. The van der Waals surface area contributed by atoms with Crippen molar-refractivity contribution in [1.29, 1.82) is 0 Å². The maximum Gasteiger partial charge on any atom is 0.407 e. The summed E-state index contributed by atoms with van der Waals surface area (Å²) in [5.74, 6) is 0.371. The molecule has 0 aliphatic rings. The van der Waals surface area contributed by atoms with E-state index in [1.807, 2.05) is 13.8 Å². The predicted octanol–water partition coefficient (Wildman–Crippen LogP) is 2.82. The van der Waals surface area contributed by atoms with E-state index in [0.717, 1.165) is 13.0 Å². The lowest BCUT2D eigenvalue weighted by atomic mass is 9.99. The fraction of sp³-hybridized carbons (Fsp3) is 0.923. The van der Waals surface area contributed by atoms with E-state index in [4.69, 9.17) is 9.47 Å². The van der Waals surface area contributed by atoms with E-state index < -0.39 is 0 Å². The third kappa shape index (κ3) is 13.2. The highest BCUT2D eigenvalue weighted by atomic mass is 16.5. The summed E-state index contributed by atoms with van der Waals surface area (Å²) >= 11 is 0. The van der Waals surface area contributed by atoms with Crippen LogP contribution >= 0.6 is 0 Å². The van der Waals surface area contributed by atoms with E-state index in [1.54, 1.807) is 0 Å². The lowest BCUT2D eigenvalue weighted by molar-refractivity contribution is 0.0692. The molecule has 0 aliphatic heterocycles. The van der Waals surface area contributed by atoms with Gasteiger partial charge in [0.1, 0.15) is 0 Å². The maximum atomic E-state index is 11.2. The van der Waals surface area contributed by atoms with Gasteiger partial charge in [-0.05, 0) is 17.8 Å². The molecule has 0 saturated heterocycles. The van der Waals surface area contributed by atoms with Crippen LogP contribution in [0.3, 0.4) is 0 Å². The Balaban J connectivity index is 3.31. The summed E-state index contributed by atoms with van der Waals surface area (Å²) < 4.78 is 10.5. The lowest BCUT2D eigenvalue weighted by Crippen LogP contribution is -2.27. The minimum absolute atomic E-state index is 0.198. The lowest BCUT2D eigenvalue weighted by Gasteiger charge is -2.17. The number of hydrogen-bond donors (Lipinski definition) is 1. The normalized spacial score (nSPS) is 11.6. The van der Waals surface area contributed by atoms with Crippen LogP contribution in [0.15, 0.2) is 0 Å². The number of hydrogen-bond acceptors (Lipinski definition) is 3. The van der Waals surface area contributed by atoms with Gasteiger partial charge in [-0.3, -0.25) is 0 Å². The second-order valence-corrected chi connectivity index (χ2v) is 5.89. The minimum atomic E-state index is -0.338. The van der Waals surface area contributed by atoms with Gasteiger partial charge in [0.15, 0.2) is 0 Å². The molecule has 0 aromatic heterocycles. The Morgan fingerprint density at radius 2 is 1.94 bits per heavy atom. The van der Waals surface area contributed by atoms with Gasteiger partial charge in [-0.15, -0.1) is 0 Å². The molecule has 0 spiro atoms. The van der Waals surface area contributed by atoms with Crippen molar-refractivity contribution in [2.75, 3.05) is 26.4 Å². The van der Waals surface area contributed by atoms with E-state index in [2.05, 4.69) is 26.1 Å². The molecule has 102 valence electrons. The van der Waals surface area contributed by atoms with Crippen molar-refractivity contribution >= 4 is 6.09 Å². The number of nitrogens with one attached hydrogen (secondary N) is 1. The summed E-state index contributed by atoms with van der Waals surface area (Å²) in [6.07, 6.45) is 0.474. The zero-order valence-corrected chi connectivity index (χ0v) is 11.8. The van der Waals surface area contributed by atoms with E-state index in [0.29, 0.717) is 25.7 Å². The quantitative estimate of drug-likeness (QED) is 0.702. The number of carbonyl (C=O) groups excluding carboxylic acids is 1. The highest BCUT2D eigenvalue weighted by Gasteiger charge is 2.09. The van der Waals surface area contributed by atoms with Crippen LogP contribution in [0, 0.1) is 11.3 Å². The van der Waals surface area contributed by atoms with Crippen molar-refractivity contribution in [2.45, 2.75) is 41.0 Å². The summed E-state index contributed by atoms with van der Waals surface area (Å²) in [7, 11) is 0. The predicted molar refractivity (Wildman–Crippen MR) is 69.1 cm³/mol. The minimum Gasteiger partial charge on any atom is -0.449 e. The molecule has 17 heavy (non-hydrogen) atoms. The Labute approximate surface area is 105 Å². The molecular weight excluding hydrogens is 218 g/mol. The van der Waals surface area contributed by atoms with Gasteiger partial charge in [-0.2, -0.15) is 0 Å². The average molecular weight is 245 g/mol. The Morgan fingerprint density at radius 3 is 2.47 bits per heavy atom. The van der Waals surface area contributed by atoms with Crippen molar-refractivity contribution in [3.63, 3.8) is 0 Å². The first-order valence-corrected chi connectivity index (χ1v) is 6.29. The number of amides is 1. The molecule has 4 heteroatoms. The Morgan fingerprint density at radius 1 is 1.29 bits per heavy atom. The molecule has 1 N–H and O–H groups in total. The van der Waals surface area contributed by atoms with Gasteiger partial charge in [0.2, 0.25) is 0 Å². The second kappa shape index (κ2) is 8.34. The van der Waals surface area contributed by atoms with Crippen LogP contribution in [0.4, 0.5) is 4.79 Å². The maximum absolute atomic E-state index is 11.2. The molecule has 0 heterocycles. The number of rotatable bonds is 7. The SMILES string of the molecule is CC(C)COC(=O)NCCCOCC(C)(C)C. The standard InChI is InChI=1S/C13H27NO3/c1-11(2)9-17-12(15)14-7-6-8-16-10-13(3,4)5/h11H,6-10H2,1-5H3,(H,14,15). The highest BCUT2D eigenvalue weighted by Crippen LogP contribution is 2.12. The summed E-state index contributed by atoms with van der Waals surface area (Å²) in [6, 6.07) is 0. The van der Waals surface area contributed by atoms with E-state index in [9.17, 15) is 4.79 Å². The van der Waals surface area contributed by atoms with Crippen LogP contribution < -0.4 is 5.32 Å². The topological polar surface area (TPSA) is 47.6 Å². The molecule has 0 saturated carbocycles. The smallest absolute Gasteiger partial charge is 0.407 e. The van der Waals surface area contributed by atoms with Crippen molar-refractivity contribution in [3.05, 3.63) is 0 Å². The van der Waals surface area contributed by atoms with Crippen molar-refractivity contribution < 1.29 is 14.3 Å². The third-order valence-corrected chi connectivity index (χ3v) is 1.82. The first-order chi connectivity index (χ1) is 7.81. The molecule has 1 amide bonds. The van der Waals surface area contributed by atoms with Crippen LogP contribution in [0.5, 0.6) is 0 Å². The molecule has 0 aromatic rings. The summed E-state index contributed by atoms with van der Waals surface area (Å²) in [5, 5.41) is 2.69. The fourth-order valence-corrected chi connectivity index (χ4v) is 1.04. The Kier molecular flexibility index (Phi) is 7.96. The van der Waals surface area contributed by atoms with Crippen molar-refractivity contribution in [2.24, 2.45) is 11.3 Å². The van der Waals surface area contributed by atoms with Gasteiger partial charge >= 0.3 is 6.09 Å². The van der Waals surface area contributed by atoms with Gasteiger partial charge in [-0.25, -0.2) is 4.79 Å². The van der Waals surface area contributed by atoms with Crippen LogP contribution in [0.1, 0.15) is 41.0 Å². The van der Waals surface area contributed by atoms with Gasteiger partial charge in [0.05, 0.1) is 13.2 Å². The second-order valence-electron chi connectivity index (χ2n) is 5.89. The van der Waals surface area contributed by atoms with E-state index in [-0.39, 0.29) is 11.5 Å². The van der Waals surface area contributed by atoms with Crippen LogP contribution in [0.25, 0.3) is 0 Å². The van der Waals surface area contributed by atoms with Crippen LogP contribution in [-0.4, -0.2) is 32.5 Å². The molecule has 0 aliphatic carbocycles. The summed E-state index contributed by atoms with van der Waals surface area (Å²) in [5.41, 5.74) is 0.198. The summed E-state index contributed by atoms with van der Waals surface area (Å²) in [6.45, 7) is 12.9. The van der Waals surface area contributed by atoms with Gasteiger partial charge in [0.25, 0.3) is 0 Å². The zero-order valence-electron chi connectivity index (χ0n) is 11.8. The highest BCUT2D eigenvalue weighted by molar-refractivity contribution is 5.66.